The normalized spacial score (nSPS) is 22.5. The van der Waals surface area contributed by atoms with Crippen molar-refractivity contribution >= 4 is 5.69 Å². The molecule has 3 nitrogen and oxygen atoms in total. The number of hydrogen-bond acceptors (Lipinski definition) is 3. The summed E-state index contributed by atoms with van der Waals surface area (Å²) in [6, 6.07) is 8.50. The summed E-state index contributed by atoms with van der Waals surface area (Å²) in [7, 11) is 0. The number of para-hydroxylation sites is 1. The lowest BCUT2D eigenvalue weighted by Crippen LogP contribution is -2.44. The molecule has 1 heterocycles. The molecule has 1 fully saturated rings. The Kier molecular flexibility index (Phi) is 4.02. The van der Waals surface area contributed by atoms with E-state index in [1.165, 1.54) is 0 Å². The van der Waals surface area contributed by atoms with Gasteiger partial charge < -0.3 is 14.7 Å². The maximum atomic E-state index is 10.1. The first kappa shape index (κ1) is 12.4. The molecule has 1 N–H and O–H groups in total. The van der Waals surface area contributed by atoms with Crippen LogP contribution >= 0.6 is 0 Å². The van der Waals surface area contributed by atoms with Gasteiger partial charge in [-0.2, -0.15) is 0 Å². The summed E-state index contributed by atoms with van der Waals surface area (Å²) in [5, 5.41) is 10.1. The summed E-state index contributed by atoms with van der Waals surface area (Å²) in [4.78, 5) is 2.33. The standard InChI is InChI=1S/C14H21NO2/c1-3-14(16)12-6-4-5-7-13(12)15-8-9-17-10-11(15)2/h4-7,11,14,16H,3,8-10H2,1-2H3/t11?,14-/m1/s1. The second kappa shape index (κ2) is 5.52. The Labute approximate surface area is 103 Å². The van der Waals surface area contributed by atoms with E-state index in [9.17, 15) is 5.11 Å². The van der Waals surface area contributed by atoms with Crippen molar-refractivity contribution in [1.29, 1.82) is 0 Å². The van der Waals surface area contributed by atoms with Gasteiger partial charge in [-0.05, 0) is 19.4 Å². The first-order valence-electron chi connectivity index (χ1n) is 6.35. The lowest BCUT2D eigenvalue weighted by atomic mass is 10.0. The number of ether oxygens (including phenoxy) is 1. The number of nitrogens with zero attached hydrogens (tertiary/aromatic N) is 1. The Balaban J connectivity index is 2.30. The second-order valence-electron chi connectivity index (χ2n) is 4.60. The number of hydrogen-bond donors (Lipinski definition) is 1. The van der Waals surface area contributed by atoms with Crippen LogP contribution in [0.15, 0.2) is 24.3 Å². The largest absolute Gasteiger partial charge is 0.388 e. The van der Waals surface area contributed by atoms with E-state index >= 15 is 0 Å². The molecule has 0 bridgehead atoms. The molecule has 0 spiro atoms. The molecule has 2 atom stereocenters. The molecule has 0 saturated carbocycles. The first-order chi connectivity index (χ1) is 8.24. The van der Waals surface area contributed by atoms with Crippen LogP contribution < -0.4 is 4.90 Å². The molecule has 1 saturated heterocycles. The third kappa shape index (κ3) is 2.61. The molecule has 2 rings (SSSR count). The van der Waals surface area contributed by atoms with Crippen LogP contribution in [0.25, 0.3) is 0 Å². The maximum absolute atomic E-state index is 10.1. The number of anilines is 1. The molecule has 1 aliphatic rings. The van der Waals surface area contributed by atoms with Crippen molar-refractivity contribution in [2.45, 2.75) is 32.4 Å². The van der Waals surface area contributed by atoms with E-state index < -0.39 is 0 Å². The Bertz CT molecular complexity index is 367. The van der Waals surface area contributed by atoms with Gasteiger partial charge in [-0.3, -0.25) is 0 Å². The van der Waals surface area contributed by atoms with Gasteiger partial charge in [0, 0.05) is 23.8 Å². The van der Waals surface area contributed by atoms with Gasteiger partial charge in [-0.15, -0.1) is 0 Å². The predicted molar refractivity (Wildman–Crippen MR) is 69.3 cm³/mol. The van der Waals surface area contributed by atoms with Gasteiger partial charge in [0.25, 0.3) is 0 Å². The Hall–Kier alpha value is -1.06. The van der Waals surface area contributed by atoms with Crippen molar-refractivity contribution in [3.8, 4) is 0 Å². The second-order valence-corrected chi connectivity index (χ2v) is 4.60. The Morgan fingerprint density at radius 3 is 2.94 bits per heavy atom. The number of aliphatic hydroxyl groups excluding tert-OH is 1. The molecule has 0 aromatic heterocycles. The van der Waals surface area contributed by atoms with Gasteiger partial charge in [0.2, 0.25) is 0 Å². The van der Waals surface area contributed by atoms with E-state index in [0.717, 1.165) is 37.4 Å². The van der Waals surface area contributed by atoms with Gasteiger partial charge in [-0.1, -0.05) is 25.1 Å². The lowest BCUT2D eigenvalue weighted by molar-refractivity contribution is 0.0982. The van der Waals surface area contributed by atoms with Crippen molar-refractivity contribution in [3.05, 3.63) is 29.8 Å². The maximum Gasteiger partial charge on any atom is 0.0807 e. The molecular weight excluding hydrogens is 214 g/mol. The van der Waals surface area contributed by atoms with Crippen LogP contribution in [0.2, 0.25) is 0 Å². The quantitative estimate of drug-likeness (QED) is 0.873. The topological polar surface area (TPSA) is 32.7 Å². The molecule has 0 aliphatic carbocycles. The van der Waals surface area contributed by atoms with E-state index in [4.69, 9.17) is 4.74 Å². The zero-order valence-corrected chi connectivity index (χ0v) is 10.6. The zero-order chi connectivity index (χ0) is 12.3. The summed E-state index contributed by atoms with van der Waals surface area (Å²) < 4.78 is 5.46. The van der Waals surface area contributed by atoms with E-state index in [-0.39, 0.29) is 6.10 Å². The minimum Gasteiger partial charge on any atom is -0.388 e. The summed E-state index contributed by atoms with van der Waals surface area (Å²) in [5.74, 6) is 0. The molecule has 1 aromatic carbocycles. The third-order valence-corrected chi connectivity index (χ3v) is 3.36. The highest BCUT2D eigenvalue weighted by Gasteiger charge is 2.22. The fraction of sp³-hybridized carbons (Fsp3) is 0.571. The highest BCUT2D eigenvalue weighted by atomic mass is 16.5. The molecular formula is C14H21NO2. The highest BCUT2D eigenvalue weighted by molar-refractivity contribution is 5.55. The summed E-state index contributed by atoms with van der Waals surface area (Å²) >= 11 is 0. The molecule has 1 aromatic rings. The smallest absolute Gasteiger partial charge is 0.0807 e. The lowest BCUT2D eigenvalue weighted by Gasteiger charge is -2.37. The molecule has 0 radical (unpaired) electrons. The van der Waals surface area contributed by atoms with Gasteiger partial charge in [-0.25, -0.2) is 0 Å². The first-order valence-corrected chi connectivity index (χ1v) is 6.35. The highest BCUT2D eigenvalue weighted by Crippen LogP contribution is 2.30. The fourth-order valence-corrected chi connectivity index (χ4v) is 2.34. The van der Waals surface area contributed by atoms with Crippen LogP contribution in [0.1, 0.15) is 31.9 Å². The average Bonchev–Trinajstić information content (AvgIpc) is 2.38. The third-order valence-electron chi connectivity index (χ3n) is 3.36. The minimum absolute atomic E-state index is 0.369. The number of rotatable bonds is 3. The van der Waals surface area contributed by atoms with Gasteiger partial charge in [0.1, 0.15) is 0 Å². The van der Waals surface area contributed by atoms with Crippen LogP contribution in [0.4, 0.5) is 5.69 Å². The van der Waals surface area contributed by atoms with Crippen LogP contribution in [-0.2, 0) is 4.74 Å². The SMILES string of the molecule is CC[C@@H](O)c1ccccc1N1CCOCC1C. The summed E-state index contributed by atoms with van der Waals surface area (Å²) in [5.41, 5.74) is 2.18. The zero-order valence-electron chi connectivity index (χ0n) is 10.6. The van der Waals surface area contributed by atoms with Crippen molar-refractivity contribution in [2.24, 2.45) is 0 Å². The Morgan fingerprint density at radius 2 is 2.24 bits per heavy atom. The van der Waals surface area contributed by atoms with Gasteiger partial charge >= 0.3 is 0 Å². The molecule has 3 heteroatoms. The van der Waals surface area contributed by atoms with E-state index in [1.54, 1.807) is 0 Å². The number of benzene rings is 1. The average molecular weight is 235 g/mol. The van der Waals surface area contributed by atoms with Crippen molar-refractivity contribution in [2.75, 3.05) is 24.7 Å². The van der Waals surface area contributed by atoms with Gasteiger partial charge in [0.05, 0.1) is 19.3 Å². The van der Waals surface area contributed by atoms with Crippen LogP contribution in [0.5, 0.6) is 0 Å². The van der Waals surface area contributed by atoms with Crippen molar-refractivity contribution < 1.29 is 9.84 Å². The van der Waals surface area contributed by atoms with E-state index in [0.29, 0.717) is 6.04 Å². The predicted octanol–water partition coefficient (Wildman–Crippen LogP) is 2.36. The van der Waals surface area contributed by atoms with Crippen LogP contribution in [-0.4, -0.2) is 30.9 Å². The molecule has 94 valence electrons. The molecule has 1 aliphatic heterocycles. The number of morpholine rings is 1. The van der Waals surface area contributed by atoms with Crippen molar-refractivity contribution in [1.82, 2.24) is 0 Å². The molecule has 1 unspecified atom stereocenters. The van der Waals surface area contributed by atoms with Crippen LogP contribution in [0, 0.1) is 0 Å². The van der Waals surface area contributed by atoms with Crippen molar-refractivity contribution in [3.63, 3.8) is 0 Å². The Morgan fingerprint density at radius 1 is 1.47 bits per heavy atom. The summed E-state index contributed by atoms with van der Waals surface area (Å²) in [6.45, 7) is 6.59. The molecule has 0 amide bonds. The minimum atomic E-state index is -0.374. The van der Waals surface area contributed by atoms with Gasteiger partial charge in [0.15, 0.2) is 0 Å². The van der Waals surface area contributed by atoms with E-state index in [2.05, 4.69) is 17.9 Å². The van der Waals surface area contributed by atoms with Crippen LogP contribution in [0.3, 0.4) is 0 Å². The molecule has 17 heavy (non-hydrogen) atoms. The monoisotopic (exact) mass is 235 g/mol. The van der Waals surface area contributed by atoms with E-state index in [1.807, 2.05) is 25.1 Å². The number of aliphatic hydroxyl groups is 1. The fourth-order valence-electron chi connectivity index (χ4n) is 2.34. The summed E-state index contributed by atoms with van der Waals surface area (Å²) in [6.07, 6.45) is 0.372.